The molecule has 7 heteroatoms. The summed E-state index contributed by atoms with van der Waals surface area (Å²) in [5, 5.41) is 5.79. The van der Waals surface area contributed by atoms with E-state index in [2.05, 4.69) is 27.7 Å². The molecule has 2 aromatic carbocycles. The first kappa shape index (κ1) is 21.6. The number of nitrogens with one attached hydrogen (secondary N) is 2. The minimum atomic E-state index is -0.241. The van der Waals surface area contributed by atoms with Crippen LogP contribution in [0.4, 0.5) is 10.5 Å². The summed E-state index contributed by atoms with van der Waals surface area (Å²) in [5.41, 5.74) is 2.05. The molecule has 1 aliphatic heterocycles. The summed E-state index contributed by atoms with van der Waals surface area (Å²) in [4.78, 5) is 28.4. The van der Waals surface area contributed by atoms with Gasteiger partial charge < -0.3 is 25.2 Å². The second-order valence-corrected chi connectivity index (χ2v) is 7.46. The van der Waals surface area contributed by atoms with E-state index in [1.54, 1.807) is 4.90 Å². The number of hydrogen-bond acceptors (Lipinski definition) is 4. The Labute approximate surface area is 178 Å². The highest BCUT2D eigenvalue weighted by atomic mass is 16.5. The summed E-state index contributed by atoms with van der Waals surface area (Å²) in [6.45, 7) is 5.11. The van der Waals surface area contributed by atoms with Crippen LogP contribution in [0.15, 0.2) is 54.6 Å². The Hall–Kier alpha value is -3.06. The van der Waals surface area contributed by atoms with E-state index in [1.807, 2.05) is 56.4 Å². The SMILES string of the molecule is CCOc1ccc(N2C[C@@H](NC(=O)NCCN(C)Cc3ccccc3)CC2=O)cc1. The molecule has 3 amide bonds. The molecule has 0 saturated carbocycles. The average Bonchev–Trinajstić information content (AvgIpc) is 3.09. The van der Waals surface area contributed by atoms with E-state index in [1.165, 1.54) is 5.56 Å². The maximum absolute atomic E-state index is 12.4. The second-order valence-electron chi connectivity index (χ2n) is 7.46. The van der Waals surface area contributed by atoms with Crippen molar-refractivity contribution in [2.24, 2.45) is 0 Å². The molecule has 1 fully saturated rings. The zero-order chi connectivity index (χ0) is 21.3. The van der Waals surface area contributed by atoms with Crippen molar-refractivity contribution in [1.82, 2.24) is 15.5 Å². The number of urea groups is 1. The largest absolute Gasteiger partial charge is 0.494 e. The van der Waals surface area contributed by atoms with E-state index >= 15 is 0 Å². The third-order valence-electron chi connectivity index (χ3n) is 4.99. The molecule has 1 atom stereocenters. The lowest BCUT2D eigenvalue weighted by Gasteiger charge is -2.19. The van der Waals surface area contributed by atoms with Crippen molar-refractivity contribution in [2.45, 2.75) is 25.9 Å². The number of likely N-dealkylation sites (N-methyl/N-ethyl adjacent to an activating group) is 1. The van der Waals surface area contributed by atoms with Crippen LogP contribution >= 0.6 is 0 Å². The summed E-state index contributed by atoms with van der Waals surface area (Å²) in [6.07, 6.45) is 0.300. The number of benzene rings is 2. The van der Waals surface area contributed by atoms with Gasteiger partial charge in [0, 0.05) is 38.3 Å². The van der Waals surface area contributed by atoms with Crippen molar-refractivity contribution in [2.75, 3.05) is 38.2 Å². The Kier molecular flexibility index (Phi) is 7.68. The number of carbonyl (C=O) groups excluding carboxylic acids is 2. The molecule has 0 aromatic heterocycles. The summed E-state index contributed by atoms with van der Waals surface area (Å²) >= 11 is 0. The highest BCUT2D eigenvalue weighted by molar-refractivity contribution is 5.96. The quantitative estimate of drug-likeness (QED) is 0.667. The van der Waals surface area contributed by atoms with Crippen LogP contribution in [0.5, 0.6) is 5.75 Å². The van der Waals surface area contributed by atoms with E-state index in [0.717, 1.165) is 24.5 Å². The van der Waals surface area contributed by atoms with Gasteiger partial charge in [0.1, 0.15) is 5.75 Å². The highest BCUT2D eigenvalue weighted by Gasteiger charge is 2.31. The molecule has 1 aliphatic rings. The second kappa shape index (κ2) is 10.6. The summed E-state index contributed by atoms with van der Waals surface area (Å²) in [7, 11) is 2.02. The van der Waals surface area contributed by atoms with Gasteiger partial charge in [0.15, 0.2) is 0 Å². The number of amides is 3. The van der Waals surface area contributed by atoms with Gasteiger partial charge in [-0.15, -0.1) is 0 Å². The van der Waals surface area contributed by atoms with Gasteiger partial charge in [0.25, 0.3) is 0 Å². The van der Waals surface area contributed by atoms with E-state index in [9.17, 15) is 9.59 Å². The number of anilines is 1. The molecule has 0 radical (unpaired) electrons. The fourth-order valence-corrected chi connectivity index (χ4v) is 3.51. The topological polar surface area (TPSA) is 73.9 Å². The van der Waals surface area contributed by atoms with Gasteiger partial charge in [-0.2, -0.15) is 0 Å². The number of hydrogen-bond donors (Lipinski definition) is 2. The zero-order valence-electron chi connectivity index (χ0n) is 17.6. The van der Waals surface area contributed by atoms with Crippen molar-refractivity contribution in [3.63, 3.8) is 0 Å². The first-order chi connectivity index (χ1) is 14.5. The smallest absolute Gasteiger partial charge is 0.315 e. The van der Waals surface area contributed by atoms with E-state index in [-0.39, 0.29) is 18.0 Å². The monoisotopic (exact) mass is 410 g/mol. The van der Waals surface area contributed by atoms with Gasteiger partial charge in [0.2, 0.25) is 5.91 Å². The third-order valence-corrected chi connectivity index (χ3v) is 4.99. The van der Waals surface area contributed by atoms with Crippen molar-refractivity contribution >= 4 is 17.6 Å². The van der Waals surface area contributed by atoms with Gasteiger partial charge in [-0.25, -0.2) is 4.79 Å². The molecule has 160 valence electrons. The number of rotatable bonds is 9. The molecule has 0 unspecified atom stereocenters. The molecule has 0 spiro atoms. The van der Waals surface area contributed by atoms with Gasteiger partial charge in [-0.1, -0.05) is 30.3 Å². The molecule has 2 aromatic rings. The molecule has 30 heavy (non-hydrogen) atoms. The van der Waals surface area contributed by atoms with Crippen molar-refractivity contribution in [3.8, 4) is 5.75 Å². The van der Waals surface area contributed by atoms with E-state index < -0.39 is 0 Å². The summed E-state index contributed by atoms with van der Waals surface area (Å²) in [6, 6.07) is 17.2. The molecule has 3 rings (SSSR count). The Morgan fingerprint density at radius 1 is 1.17 bits per heavy atom. The van der Waals surface area contributed by atoms with Crippen molar-refractivity contribution in [1.29, 1.82) is 0 Å². The predicted octanol–water partition coefficient (Wildman–Crippen LogP) is 2.62. The van der Waals surface area contributed by atoms with E-state index in [0.29, 0.717) is 26.1 Å². The first-order valence-corrected chi connectivity index (χ1v) is 10.3. The van der Waals surface area contributed by atoms with Crippen LogP contribution in [0.3, 0.4) is 0 Å². The Bertz CT molecular complexity index is 826. The molecule has 2 N–H and O–H groups in total. The van der Waals surface area contributed by atoms with Crippen molar-refractivity contribution in [3.05, 3.63) is 60.2 Å². The molecule has 0 bridgehead atoms. The normalized spacial score (nSPS) is 16.0. The highest BCUT2D eigenvalue weighted by Crippen LogP contribution is 2.24. The molecule has 0 aliphatic carbocycles. The third kappa shape index (κ3) is 6.22. The lowest BCUT2D eigenvalue weighted by Crippen LogP contribution is -2.45. The van der Waals surface area contributed by atoms with Gasteiger partial charge in [-0.3, -0.25) is 4.79 Å². The average molecular weight is 411 g/mol. The van der Waals surface area contributed by atoms with E-state index in [4.69, 9.17) is 4.74 Å². The van der Waals surface area contributed by atoms with Gasteiger partial charge >= 0.3 is 6.03 Å². The van der Waals surface area contributed by atoms with Crippen LogP contribution in [0.2, 0.25) is 0 Å². The molecule has 1 saturated heterocycles. The maximum atomic E-state index is 12.4. The molecule has 1 heterocycles. The van der Waals surface area contributed by atoms with Crippen LogP contribution in [-0.4, -0.2) is 56.2 Å². The predicted molar refractivity (Wildman–Crippen MR) is 118 cm³/mol. The van der Waals surface area contributed by atoms with Crippen molar-refractivity contribution < 1.29 is 14.3 Å². The molecule has 7 nitrogen and oxygen atoms in total. The van der Waals surface area contributed by atoms with Crippen LogP contribution in [-0.2, 0) is 11.3 Å². The van der Waals surface area contributed by atoms with Gasteiger partial charge in [0.05, 0.1) is 12.6 Å². The fourth-order valence-electron chi connectivity index (χ4n) is 3.51. The van der Waals surface area contributed by atoms with Crippen LogP contribution < -0.4 is 20.3 Å². The number of carbonyl (C=O) groups is 2. The zero-order valence-corrected chi connectivity index (χ0v) is 17.6. The molecular weight excluding hydrogens is 380 g/mol. The molecular formula is C23H30N4O3. The van der Waals surface area contributed by atoms with Crippen LogP contribution in [0.1, 0.15) is 18.9 Å². The number of ether oxygens (including phenoxy) is 1. The minimum absolute atomic E-state index is 0.00653. The van der Waals surface area contributed by atoms with Crippen LogP contribution in [0.25, 0.3) is 0 Å². The number of nitrogens with zero attached hydrogens (tertiary/aromatic N) is 2. The lowest BCUT2D eigenvalue weighted by atomic mass is 10.2. The maximum Gasteiger partial charge on any atom is 0.315 e. The lowest BCUT2D eigenvalue weighted by molar-refractivity contribution is -0.117. The Morgan fingerprint density at radius 2 is 1.90 bits per heavy atom. The first-order valence-electron chi connectivity index (χ1n) is 10.3. The standard InChI is InChI=1S/C23H30N4O3/c1-3-30-21-11-9-20(10-12-21)27-17-19(15-22(27)28)25-23(29)24-13-14-26(2)16-18-7-5-4-6-8-18/h4-12,19H,3,13-17H2,1-2H3,(H2,24,25,29)/t19-/m0/s1. The summed E-state index contributed by atoms with van der Waals surface area (Å²) in [5.74, 6) is 0.784. The van der Waals surface area contributed by atoms with Crippen LogP contribution in [0, 0.1) is 0 Å². The minimum Gasteiger partial charge on any atom is -0.494 e. The van der Waals surface area contributed by atoms with Gasteiger partial charge in [-0.05, 0) is 43.8 Å². The summed E-state index contributed by atoms with van der Waals surface area (Å²) < 4.78 is 5.44. The fraction of sp³-hybridized carbons (Fsp3) is 0.391. The Morgan fingerprint density at radius 3 is 2.60 bits per heavy atom. The Balaban J connectivity index is 1.39.